The van der Waals surface area contributed by atoms with E-state index < -0.39 is 12.1 Å². The van der Waals surface area contributed by atoms with Gasteiger partial charge in [0.05, 0.1) is 49.1 Å². The quantitative estimate of drug-likeness (QED) is 0.155. The van der Waals surface area contributed by atoms with E-state index in [-0.39, 0.29) is 23.9 Å². The van der Waals surface area contributed by atoms with Gasteiger partial charge in [0.25, 0.3) is 0 Å². The number of benzene rings is 2. The summed E-state index contributed by atoms with van der Waals surface area (Å²) in [4.78, 5) is 63.2. The zero-order valence-electron chi connectivity index (χ0n) is 34.9. The van der Waals surface area contributed by atoms with Gasteiger partial charge in [0.15, 0.2) is 0 Å². The number of H-pyrrole nitrogens is 2. The highest BCUT2D eigenvalue weighted by atomic mass is 16.5. The predicted octanol–water partition coefficient (Wildman–Crippen LogP) is 7.79. The third-order valence-electron chi connectivity index (χ3n) is 13.2. The van der Waals surface area contributed by atoms with Crippen LogP contribution >= 0.6 is 0 Å². The molecule has 4 aliphatic rings. The molecule has 5 heterocycles. The van der Waals surface area contributed by atoms with Crippen molar-refractivity contribution in [3.05, 3.63) is 72.1 Å². The van der Waals surface area contributed by atoms with E-state index in [1.165, 1.54) is 7.11 Å². The normalized spacial score (nSPS) is 24.0. The van der Waals surface area contributed by atoms with Gasteiger partial charge in [-0.1, -0.05) is 62.4 Å². The van der Waals surface area contributed by atoms with Gasteiger partial charge in [-0.3, -0.25) is 9.59 Å². The number of carbonyl (C=O) groups is 3. The molecule has 0 unspecified atom stereocenters. The summed E-state index contributed by atoms with van der Waals surface area (Å²) in [5.41, 5.74) is 6.87. The van der Waals surface area contributed by atoms with E-state index >= 15 is 0 Å². The fourth-order valence-corrected chi connectivity index (χ4v) is 9.92. The number of nitrogens with zero attached hydrogens (tertiary/aromatic N) is 5. The number of amides is 3. The molecule has 13 nitrogen and oxygen atoms in total. The molecule has 2 aromatic heterocycles. The molecule has 1 saturated carbocycles. The predicted molar refractivity (Wildman–Crippen MR) is 226 cm³/mol. The Morgan fingerprint density at radius 2 is 1.49 bits per heavy atom. The number of fused-ring (bicyclic) bond motifs is 4. The largest absolute Gasteiger partial charge is 0.453 e. The van der Waals surface area contributed by atoms with Crippen molar-refractivity contribution in [1.29, 1.82) is 0 Å². The molecule has 1 aliphatic carbocycles. The van der Waals surface area contributed by atoms with E-state index in [2.05, 4.69) is 87.5 Å². The van der Waals surface area contributed by atoms with Gasteiger partial charge in [-0.05, 0) is 100 Å². The molecule has 2 aromatic carbocycles. The molecule has 3 amide bonds. The number of carbonyl (C=O) groups excluding carboxylic acids is 3. The first-order valence-corrected chi connectivity index (χ1v) is 22.0. The van der Waals surface area contributed by atoms with Gasteiger partial charge in [-0.2, -0.15) is 0 Å². The number of ether oxygens (including phenoxy) is 2. The van der Waals surface area contributed by atoms with Crippen LogP contribution in [0, 0.1) is 5.92 Å². The molecule has 3 N–H and O–H groups in total. The van der Waals surface area contributed by atoms with Gasteiger partial charge in [-0.25, -0.2) is 14.8 Å². The van der Waals surface area contributed by atoms with Gasteiger partial charge < -0.3 is 39.5 Å². The van der Waals surface area contributed by atoms with Crippen molar-refractivity contribution < 1.29 is 23.9 Å². The average Bonchev–Trinajstić information content (AvgIpc) is 4.12. The number of aromatic nitrogens is 4. The van der Waals surface area contributed by atoms with Gasteiger partial charge in [0.1, 0.15) is 17.7 Å². The van der Waals surface area contributed by atoms with E-state index in [0.717, 1.165) is 135 Å². The van der Waals surface area contributed by atoms with Crippen LogP contribution in [0.2, 0.25) is 0 Å². The molecule has 4 aromatic rings. The molecular weight excluding hydrogens is 745 g/mol. The highest BCUT2D eigenvalue weighted by Gasteiger charge is 2.39. The first kappa shape index (κ1) is 40.8. The number of aromatic amines is 2. The number of nitrogens with one attached hydrogen (secondary N) is 3. The summed E-state index contributed by atoms with van der Waals surface area (Å²) in [5.74, 6) is 1.94. The Morgan fingerprint density at radius 1 is 0.814 bits per heavy atom. The maximum atomic E-state index is 13.8. The number of rotatable bonds is 9. The van der Waals surface area contributed by atoms with Crippen molar-refractivity contribution in [2.24, 2.45) is 5.92 Å². The number of likely N-dealkylation sites (tertiary alicyclic amines) is 1. The molecule has 2 saturated heterocycles. The van der Waals surface area contributed by atoms with Crippen LogP contribution in [0.3, 0.4) is 0 Å². The van der Waals surface area contributed by atoms with Crippen LogP contribution in [0.15, 0.2) is 54.7 Å². The monoisotopic (exact) mass is 804 g/mol. The standard InChI is InChI=1S/C46H60N8O5/c1-4-52(5-2)35-23-21-34(22-24-35)44(55)53-25-8-11-39(53)42-47-28-37(48-42)32-17-13-30(14-18-32)31-15-19-33(20-16-31)41-38-29-59-27-7-6-10-36(50-46(57)58-3)45(56)54-26-9-12-40(54)43(49-38)51-41/h13-20,28,34-36,39-40H,4-12,21-27,29H2,1-3H3,(H,47,48)(H,49,51)(H,50,57)/t34?,35?,36-,39-,40-/m0/s1. The minimum atomic E-state index is -0.659. The molecule has 314 valence electrons. The van der Waals surface area contributed by atoms with E-state index in [1.807, 2.05) is 11.1 Å². The Kier molecular flexibility index (Phi) is 12.8. The zero-order chi connectivity index (χ0) is 40.9. The van der Waals surface area contributed by atoms with Gasteiger partial charge >= 0.3 is 6.09 Å². The summed E-state index contributed by atoms with van der Waals surface area (Å²) < 4.78 is 10.9. The van der Waals surface area contributed by atoms with Crippen molar-refractivity contribution in [3.63, 3.8) is 0 Å². The number of alkyl carbamates (subject to hydrolysis) is 1. The van der Waals surface area contributed by atoms with Gasteiger partial charge in [0, 0.05) is 37.2 Å². The molecule has 13 heteroatoms. The van der Waals surface area contributed by atoms with E-state index in [9.17, 15) is 14.4 Å². The maximum absolute atomic E-state index is 13.8. The summed E-state index contributed by atoms with van der Waals surface area (Å²) in [6, 6.07) is 16.7. The summed E-state index contributed by atoms with van der Waals surface area (Å²) >= 11 is 0. The summed E-state index contributed by atoms with van der Waals surface area (Å²) in [6.45, 7) is 8.95. The van der Waals surface area contributed by atoms with Crippen molar-refractivity contribution >= 4 is 17.9 Å². The molecule has 0 radical (unpaired) electrons. The number of hydrogen-bond acceptors (Lipinski definition) is 8. The third kappa shape index (κ3) is 8.82. The van der Waals surface area contributed by atoms with E-state index in [1.54, 1.807) is 0 Å². The summed E-state index contributed by atoms with van der Waals surface area (Å²) in [6.07, 6.45) is 11.1. The van der Waals surface area contributed by atoms with Gasteiger partial charge in [-0.15, -0.1) is 0 Å². The molecule has 0 spiro atoms. The average molecular weight is 805 g/mol. The highest BCUT2D eigenvalue weighted by molar-refractivity contribution is 5.86. The van der Waals surface area contributed by atoms with Crippen molar-refractivity contribution in [3.8, 4) is 33.6 Å². The maximum Gasteiger partial charge on any atom is 0.407 e. The summed E-state index contributed by atoms with van der Waals surface area (Å²) in [7, 11) is 1.31. The van der Waals surface area contributed by atoms with E-state index in [4.69, 9.17) is 19.4 Å². The fourth-order valence-electron chi connectivity index (χ4n) is 9.92. The van der Waals surface area contributed by atoms with Crippen molar-refractivity contribution in [2.45, 2.75) is 115 Å². The van der Waals surface area contributed by atoms with Crippen LogP contribution in [0.5, 0.6) is 0 Å². The highest BCUT2D eigenvalue weighted by Crippen LogP contribution is 2.38. The lowest BCUT2D eigenvalue weighted by Gasteiger charge is -2.37. The van der Waals surface area contributed by atoms with Crippen molar-refractivity contribution in [2.75, 3.05) is 39.9 Å². The smallest absolute Gasteiger partial charge is 0.407 e. The molecular formula is C46H60N8O5. The van der Waals surface area contributed by atoms with Crippen LogP contribution in [0.25, 0.3) is 33.6 Å². The van der Waals surface area contributed by atoms with Crippen molar-refractivity contribution in [1.82, 2.24) is 40.0 Å². The molecule has 3 fully saturated rings. The number of imidazole rings is 2. The van der Waals surface area contributed by atoms with Crippen LogP contribution in [-0.4, -0.2) is 105 Å². The topological polar surface area (TPSA) is 149 Å². The Hall–Kier alpha value is -5.01. The Bertz CT molecular complexity index is 2050. The SMILES string of the molecule is CCN(CC)C1CCC(C(=O)N2CCC[C@H]2c2ncc(-c3ccc(-c4ccc(-c5nc6[nH]c5COCCCC[C@H](NC(=O)OC)C(=O)N5CCC[C@@H]65)cc4)cc3)[nH]2)CC1. The second-order valence-electron chi connectivity index (χ2n) is 16.6. The lowest BCUT2D eigenvalue weighted by molar-refractivity contribution is -0.138. The Labute approximate surface area is 347 Å². The lowest BCUT2D eigenvalue weighted by Crippen LogP contribution is -2.48. The van der Waals surface area contributed by atoms with Crippen LogP contribution in [-0.2, 0) is 25.7 Å². The lowest BCUT2D eigenvalue weighted by atomic mass is 9.84. The second-order valence-corrected chi connectivity index (χ2v) is 16.6. The minimum Gasteiger partial charge on any atom is -0.453 e. The van der Waals surface area contributed by atoms with Crippen LogP contribution in [0.4, 0.5) is 4.79 Å². The second kappa shape index (κ2) is 18.5. The Morgan fingerprint density at radius 3 is 2.20 bits per heavy atom. The van der Waals surface area contributed by atoms with E-state index in [0.29, 0.717) is 38.1 Å². The van der Waals surface area contributed by atoms with Crippen LogP contribution < -0.4 is 5.32 Å². The molecule has 3 atom stereocenters. The zero-order valence-corrected chi connectivity index (χ0v) is 34.9. The first-order chi connectivity index (χ1) is 28.8. The fraction of sp³-hybridized carbons (Fsp3) is 0.543. The molecule has 8 rings (SSSR count). The number of methoxy groups -OCH3 is 1. The molecule has 3 aliphatic heterocycles. The molecule has 2 bridgehead atoms. The van der Waals surface area contributed by atoms with Crippen LogP contribution in [0.1, 0.15) is 114 Å². The third-order valence-corrected chi connectivity index (χ3v) is 13.2. The Balaban J connectivity index is 0.936. The molecule has 59 heavy (non-hydrogen) atoms. The minimum absolute atomic E-state index is 0.000309. The first-order valence-electron chi connectivity index (χ1n) is 22.0. The van der Waals surface area contributed by atoms with Gasteiger partial charge in [0.2, 0.25) is 11.8 Å². The number of hydrogen-bond donors (Lipinski definition) is 3. The summed E-state index contributed by atoms with van der Waals surface area (Å²) in [5, 5.41) is 2.76.